The molecule has 4 heteroatoms. The molecule has 0 radical (unpaired) electrons. The highest BCUT2D eigenvalue weighted by Crippen LogP contribution is 2.27. The van der Waals surface area contributed by atoms with Crippen molar-refractivity contribution in [1.82, 2.24) is 15.1 Å². The van der Waals surface area contributed by atoms with Crippen molar-refractivity contribution in [2.75, 3.05) is 39.8 Å². The highest BCUT2D eigenvalue weighted by molar-refractivity contribution is 5.21. The lowest BCUT2D eigenvalue weighted by atomic mass is 10.1. The summed E-state index contributed by atoms with van der Waals surface area (Å²) in [6.45, 7) is 5.42. The van der Waals surface area contributed by atoms with Crippen molar-refractivity contribution in [2.45, 2.75) is 24.9 Å². The van der Waals surface area contributed by atoms with E-state index < -0.39 is 0 Å². The Morgan fingerprint density at radius 3 is 2.50 bits per heavy atom. The number of hydrogen-bond donors (Lipinski definition) is 1. The molecule has 1 heterocycles. The lowest BCUT2D eigenvalue weighted by molar-refractivity contribution is 0.118. The number of halogens is 1. The average molecular weight is 277 g/mol. The van der Waals surface area contributed by atoms with Gasteiger partial charge in [0.2, 0.25) is 0 Å². The van der Waals surface area contributed by atoms with Crippen LogP contribution in [0.5, 0.6) is 0 Å². The fourth-order valence-electron chi connectivity index (χ4n) is 3.11. The van der Waals surface area contributed by atoms with Gasteiger partial charge in [0.25, 0.3) is 0 Å². The van der Waals surface area contributed by atoms with E-state index in [2.05, 4.69) is 15.1 Å². The van der Waals surface area contributed by atoms with Crippen molar-refractivity contribution in [2.24, 2.45) is 0 Å². The molecule has 1 aromatic rings. The van der Waals surface area contributed by atoms with Crippen molar-refractivity contribution in [3.05, 3.63) is 35.6 Å². The molecule has 1 unspecified atom stereocenters. The Bertz CT molecular complexity index is 439. The maximum atomic E-state index is 13.9. The van der Waals surface area contributed by atoms with E-state index in [1.54, 1.807) is 12.1 Å². The van der Waals surface area contributed by atoms with Gasteiger partial charge in [0, 0.05) is 50.4 Å². The summed E-state index contributed by atoms with van der Waals surface area (Å²) in [4.78, 5) is 5.06. The highest BCUT2D eigenvalue weighted by Gasteiger charge is 2.31. The summed E-state index contributed by atoms with van der Waals surface area (Å²) in [7, 11) is 1.91. The van der Waals surface area contributed by atoms with Crippen molar-refractivity contribution >= 4 is 0 Å². The van der Waals surface area contributed by atoms with Gasteiger partial charge in [-0.1, -0.05) is 18.2 Å². The molecule has 1 aliphatic heterocycles. The molecule has 2 aliphatic rings. The van der Waals surface area contributed by atoms with Crippen molar-refractivity contribution < 1.29 is 4.39 Å². The molecule has 1 saturated carbocycles. The molecule has 1 saturated heterocycles. The molecule has 1 aromatic carbocycles. The molecule has 0 bridgehead atoms. The van der Waals surface area contributed by atoms with Crippen LogP contribution in [0.15, 0.2) is 24.3 Å². The van der Waals surface area contributed by atoms with Crippen LogP contribution in [0, 0.1) is 5.82 Å². The Morgan fingerprint density at radius 1 is 1.20 bits per heavy atom. The van der Waals surface area contributed by atoms with Crippen LogP contribution in [0.2, 0.25) is 0 Å². The van der Waals surface area contributed by atoms with Crippen LogP contribution in [0.1, 0.15) is 24.4 Å². The lowest BCUT2D eigenvalue weighted by Crippen LogP contribution is -2.49. The minimum absolute atomic E-state index is 0.0728. The Kier molecular flexibility index (Phi) is 4.34. The van der Waals surface area contributed by atoms with Gasteiger partial charge in [-0.2, -0.15) is 0 Å². The van der Waals surface area contributed by atoms with Crippen LogP contribution in [-0.2, 0) is 0 Å². The van der Waals surface area contributed by atoms with E-state index in [0.717, 1.165) is 31.2 Å². The fourth-order valence-corrected chi connectivity index (χ4v) is 3.11. The van der Waals surface area contributed by atoms with Crippen LogP contribution < -0.4 is 5.32 Å². The molecule has 1 N–H and O–H groups in total. The van der Waals surface area contributed by atoms with Gasteiger partial charge >= 0.3 is 0 Å². The monoisotopic (exact) mass is 277 g/mol. The molecular weight excluding hydrogens is 253 g/mol. The zero-order chi connectivity index (χ0) is 13.9. The van der Waals surface area contributed by atoms with E-state index in [4.69, 9.17) is 0 Å². The minimum Gasteiger partial charge on any atom is -0.312 e. The predicted molar refractivity (Wildman–Crippen MR) is 79.2 cm³/mol. The van der Waals surface area contributed by atoms with Crippen molar-refractivity contribution in [3.8, 4) is 0 Å². The molecule has 2 fully saturated rings. The van der Waals surface area contributed by atoms with Crippen LogP contribution in [0.25, 0.3) is 0 Å². The van der Waals surface area contributed by atoms with Gasteiger partial charge in [0.05, 0.1) is 0 Å². The SMILES string of the molecule is CNC(CN1CCN(C2CC2)CC1)c1ccccc1F. The third-order valence-corrected chi connectivity index (χ3v) is 4.54. The summed E-state index contributed by atoms with van der Waals surface area (Å²) in [5, 5.41) is 3.26. The maximum Gasteiger partial charge on any atom is 0.128 e. The van der Waals surface area contributed by atoms with Crippen LogP contribution >= 0.6 is 0 Å². The number of rotatable bonds is 5. The number of nitrogens with zero attached hydrogens (tertiary/aromatic N) is 2. The average Bonchev–Trinajstić information content (AvgIpc) is 3.31. The molecular formula is C16H24FN3. The van der Waals surface area contributed by atoms with Gasteiger partial charge < -0.3 is 5.32 Å². The van der Waals surface area contributed by atoms with Gasteiger partial charge in [0.1, 0.15) is 5.82 Å². The number of piperazine rings is 1. The van der Waals surface area contributed by atoms with Gasteiger partial charge in [-0.25, -0.2) is 4.39 Å². The zero-order valence-electron chi connectivity index (χ0n) is 12.2. The van der Waals surface area contributed by atoms with Gasteiger partial charge in [-0.15, -0.1) is 0 Å². The third kappa shape index (κ3) is 3.19. The Morgan fingerprint density at radius 2 is 1.90 bits per heavy atom. The Balaban J connectivity index is 1.57. The molecule has 1 aliphatic carbocycles. The van der Waals surface area contributed by atoms with Gasteiger partial charge in [-0.3, -0.25) is 9.80 Å². The van der Waals surface area contributed by atoms with Crippen molar-refractivity contribution in [3.63, 3.8) is 0 Å². The van der Waals surface area contributed by atoms with E-state index in [-0.39, 0.29) is 11.9 Å². The van der Waals surface area contributed by atoms with Gasteiger partial charge in [0.15, 0.2) is 0 Å². The zero-order valence-corrected chi connectivity index (χ0v) is 12.2. The first kappa shape index (κ1) is 14.0. The second-order valence-electron chi connectivity index (χ2n) is 5.93. The second kappa shape index (κ2) is 6.20. The normalized spacial score (nSPS) is 22.9. The van der Waals surface area contributed by atoms with Crippen molar-refractivity contribution in [1.29, 1.82) is 0 Å². The van der Waals surface area contributed by atoms with E-state index >= 15 is 0 Å². The summed E-state index contributed by atoms with van der Waals surface area (Å²) in [5.74, 6) is -0.108. The van der Waals surface area contributed by atoms with Crippen LogP contribution in [0.4, 0.5) is 4.39 Å². The summed E-state index contributed by atoms with van der Waals surface area (Å²) >= 11 is 0. The number of benzene rings is 1. The van der Waals surface area contributed by atoms with E-state index in [1.165, 1.54) is 25.9 Å². The molecule has 0 spiro atoms. The number of nitrogens with one attached hydrogen (secondary N) is 1. The fraction of sp³-hybridized carbons (Fsp3) is 0.625. The standard InChI is InChI=1S/C16H24FN3/c1-18-16(14-4-2-3-5-15(14)17)12-19-8-10-20(11-9-19)13-6-7-13/h2-5,13,16,18H,6-12H2,1H3. The molecule has 0 aromatic heterocycles. The first-order valence-electron chi connectivity index (χ1n) is 7.66. The first-order chi connectivity index (χ1) is 9.78. The maximum absolute atomic E-state index is 13.9. The summed E-state index contributed by atoms with van der Waals surface area (Å²) in [5.41, 5.74) is 0.777. The Hall–Kier alpha value is -0.970. The van der Waals surface area contributed by atoms with E-state index in [9.17, 15) is 4.39 Å². The minimum atomic E-state index is -0.108. The second-order valence-corrected chi connectivity index (χ2v) is 5.93. The highest BCUT2D eigenvalue weighted by atomic mass is 19.1. The predicted octanol–water partition coefficient (Wildman–Crippen LogP) is 1.87. The first-order valence-corrected chi connectivity index (χ1v) is 7.66. The molecule has 20 heavy (non-hydrogen) atoms. The molecule has 1 atom stereocenters. The molecule has 0 amide bonds. The van der Waals surface area contributed by atoms with E-state index in [1.807, 2.05) is 19.2 Å². The quantitative estimate of drug-likeness (QED) is 0.886. The smallest absolute Gasteiger partial charge is 0.128 e. The van der Waals surface area contributed by atoms with Crippen LogP contribution in [0.3, 0.4) is 0 Å². The van der Waals surface area contributed by atoms with E-state index in [0.29, 0.717) is 0 Å². The summed E-state index contributed by atoms with van der Waals surface area (Å²) in [6, 6.07) is 8.03. The topological polar surface area (TPSA) is 18.5 Å². The largest absolute Gasteiger partial charge is 0.312 e. The number of likely N-dealkylation sites (N-methyl/N-ethyl adjacent to an activating group) is 1. The van der Waals surface area contributed by atoms with Crippen LogP contribution in [-0.4, -0.2) is 55.6 Å². The lowest BCUT2D eigenvalue weighted by Gasteiger charge is -2.36. The molecule has 110 valence electrons. The summed E-state index contributed by atoms with van der Waals surface area (Å²) in [6.07, 6.45) is 2.77. The van der Waals surface area contributed by atoms with Gasteiger partial charge in [-0.05, 0) is 26.0 Å². The third-order valence-electron chi connectivity index (χ3n) is 4.54. The molecule has 3 rings (SSSR count). The summed E-state index contributed by atoms with van der Waals surface area (Å²) < 4.78 is 13.9. The Labute approximate surface area is 120 Å². The molecule has 3 nitrogen and oxygen atoms in total. The number of hydrogen-bond acceptors (Lipinski definition) is 3.